The summed E-state index contributed by atoms with van der Waals surface area (Å²) in [5.74, 6) is 0.627. The predicted molar refractivity (Wildman–Crippen MR) is 72.5 cm³/mol. The molecular formula is C16H22O2. The number of ketones is 1. The monoisotopic (exact) mass is 246 g/mol. The van der Waals surface area contributed by atoms with Crippen LogP contribution in [0.1, 0.15) is 55.6 Å². The Morgan fingerprint density at radius 3 is 2.61 bits per heavy atom. The molecule has 1 aromatic carbocycles. The van der Waals surface area contributed by atoms with Gasteiger partial charge in [-0.25, -0.2) is 0 Å². The zero-order valence-corrected chi connectivity index (χ0v) is 11.7. The zero-order valence-electron chi connectivity index (χ0n) is 11.7. The molecule has 0 saturated heterocycles. The molecule has 1 aromatic rings. The van der Waals surface area contributed by atoms with Crippen molar-refractivity contribution in [2.45, 2.75) is 47.3 Å². The molecule has 2 rings (SSSR count). The summed E-state index contributed by atoms with van der Waals surface area (Å²) in [6.07, 6.45) is 0.614. The maximum absolute atomic E-state index is 12.3. The van der Waals surface area contributed by atoms with Crippen molar-refractivity contribution in [3.8, 4) is 0 Å². The van der Waals surface area contributed by atoms with Gasteiger partial charge in [0.05, 0.1) is 13.2 Å². The molecule has 0 fully saturated rings. The van der Waals surface area contributed by atoms with Gasteiger partial charge in [-0.15, -0.1) is 0 Å². The van der Waals surface area contributed by atoms with E-state index in [2.05, 4.69) is 27.7 Å². The van der Waals surface area contributed by atoms with E-state index in [0.717, 1.165) is 5.56 Å². The fourth-order valence-corrected chi connectivity index (χ4v) is 2.05. The molecule has 0 radical (unpaired) electrons. The molecule has 1 atom stereocenters. The van der Waals surface area contributed by atoms with E-state index in [-0.39, 0.29) is 11.2 Å². The fourth-order valence-electron chi connectivity index (χ4n) is 2.05. The van der Waals surface area contributed by atoms with E-state index in [4.69, 9.17) is 4.74 Å². The number of carbonyl (C=O) groups is 1. The van der Waals surface area contributed by atoms with Crippen LogP contribution in [0.25, 0.3) is 0 Å². The smallest absolute Gasteiger partial charge is 0.163 e. The topological polar surface area (TPSA) is 26.3 Å². The summed E-state index contributed by atoms with van der Waals surface area (Å²) < 4.78 is 5.37. The minimum atomic E-state index is 0.176. The van der Waals surface area contributed by atoms with Crippen molar-refractivity contribution < 1.29 is 9.53 Å². The highest BCUT2D eigenvalue weighted by Gasteiger charge is 2.23. The van der Waals surface area contributed by atoms with Crippen LogP contribution in [0.4, 0.5) is 0 Å². The molecule has 0 aliphatic carbocycles. The minimum absolute atomic E-state index is 0.176. The summed E-state index contributed by atoms with van der Waals surface area (Å²) in [6.45, 7) is 10.0. The molecular weight excluding hydrogens is 224 g/mol. The van der Waals surface area contributed by atoms with Gasteiger partial charge in [-0.2, -0.15) is 0 Å². The summed E-state index contributed by atoms with van der Waals surface area (Å²) in [7, 11) is 0. The maximum atomic E-state index is 12.3. The van der Waals surface area contributed by atoms with Crippen molar-refractivity contribution in [2.24, 2.45) is 11.3 Å². The largest absolute Gasteiger partial charge is 0.372 e. The van der Waals surface area contributed by atoms with Crippen LogP contribution in [0.3, 0.4) is 0 Å². The van der Waals surface area contributed by atoms with Crippen LogP contribution < -0.4 is 0 Å². The third kappa shape index (κ3) is 2.81. The van der Waals surface area contributed by atoms with Crippen molar-refractivity contribution in [3.63, 3.8) is 0 Å². The third-order valence-electron chi connectivity index (χ3n) is 4.01. The second-order valence-corrected chi connectivity index (χ2v) is 6.37. The molecule has 2 heteroatoms. The average molecular weight is 246 g/mol. The van der Waals surface area contributed by atoms with Gasteiger partial charge in [0.1, 0.15) is 0 Å². The van der Waals surface area contributed by atoms with Gasteiger partial charge < -0.3 is 4.74 Å². The predicted octanol–water partition coefficient (Wildman–Crippen LogP) is 3.97. The van der Waals surface area contributed by atoms with Crippen LogP contribution in [-0.2, 0) is 18.0 Å². The molecule has 98 valence electrons. The number of ether oxygens (including phenoxy) is 1. The first-order chi connectivity index (χ1) is 8.38. The Hall–Kier alpha value is -1.15. The first-order valence-corrected chi connectivity index (χ1v) is 6.60. The van der Waals surface area contributed by atoms with E-state index >= 15 is 0 Å². The Morgan fingerprint density at radius 2 is 1.94 bits per heavy atom. The van der Waals surface area contributed by atoms with Crippen LogP contribution in [0.15, 0.2) is 18.2 Å². The Labute approximate surface area is 109 Å². The summed E-state index contributed by atoms with van der Waals surface area (Å²) in [5.41, 5.74) is 3.39. The van der Waals surface area contributed by atoms with E-state index in [0.29, 0.717) is 25.6 Å². The molecule has 1 aliphatic heterocycles. The molecule has 18 heavy (non-hydrogen) atoms. The van der Waals surface area contributed by atoms with Crippen LogP contribution >= 0.6 is 0 Å². The van der Waals surface area contributed by atoms with Crippen LogP contribution in [0.5, 0.6) is 0 Å². The first kappa shape index (κ1) is 13.3. The number of hydrogen-bond acceptors (Lipinski definition) is 2. The van der Waals surface area contributed by atoms with Gasteiger partial charge in [-0.05, 0) is 28.5 Å². The van der Waals surface area contributed by atoms with Gasteiger partial charge in [0.15, 0.2) is 5.78 Å². The van der Waals surface area contributed by atoms with E-state index in [9.17, 15) is 4.79 Å². The third-order valence-corrected chi connectivity index (χ3v) is 4.01. The number of hydrogen-bond donors (Lipinski definition) is 0. The molecule has 1 aliphatic rings. The average Bonchev–Trinajstić information content (AvgIpc) is 2.74. The summed E-state index contributed by atoms with van der Waals surface area (Å²) >= 11 is 0. The van der Waals surface area contributed by atoms with Crippen LogP contribution in [-0.4, -0.2) is 5.78 Å². The Bertz CT molecular complexity index is 455. The Morgan fingerprint density at radius 1 is 1.28 bits per heavy atom. The lowest BCUT2D eigenvalue weighted by molar-refractivity contribution is 0.0927. The summed E-state index contributed by atoms with van der Waals surface area (Å²) in [6, 6.07) is 5.96. The van der Waals surface area contributed by atoms with Gasteiger partial charge in [-0.3, -0.25) is 4.79 Å². The number of fused-ring (bicyclic) bond motifs is 1. The van der Waals surface area contributed by atoms with Gasteiger partial charge >= 0.3 is 0 Å². The SMILES string of the molecule is CC(CC(=O)c1ccc2c(c1)COC2)C(C)(C)C. The molecule has 1 unspecified atom stereocenters. The minimum Gasteiger partial charge on any atom is -0.372 e. The molecule has 0 saturated carbocycles. The molecule has 0 aromatic heterocycles. The first-order valence-electron chi connectivity index (χ1n) is 6.60. The highest BCUT2D eigenvalue weighted by molar-refractivity contribution is 5.96. The molecule has 1 heterocycles. The van der Waals surface area contributed by atoms with E-state index in [1.807, 2.05) is 18.2 Å². The van der Waals surface area contributed by atoms with E-state index in [1.54, 1.807) is 0 Å². The second kappa shape index (κ2) is 4.85. The van der Waals surface area contributed by atoms with Gasteiger partial charge in [0.2, 0.25) is 0 Å². The lowest BCUT2D eigenvalue weighted by atomic mass is 9.78. The maximum Gasteiger partial charge on any atom is 0.163 e. The van der Waals surface area contributed by atoms with Crippen molar-refractivity contribution in [2.75, 3.05) is 0 Å². The molecule has 0 bridgehead atoms. The number of carbonyl (C=O) groups excluding carboxylic acids is 1. The highest BCUT2D eigenvalue weighted by Crippen LogP contribution is 2.30. The van der Waals surface area contributed by atoms with Gasteiger partial charge in [0.25, 0.3) is 0 Å². The zero-order chi connectivity index (χ0) is 13.3. The lowest BCUT2D eigenvalue weighted by Gasteiger charge is -2.26. The number of rotatable bonds is 3. The quantitative estimate of drug-likeness (QED) is 0.754. The van der Waals surface area contributed by atoms with Crippen molar-refractivity contribution in [1.29, 1.82) is 0 Å². The molecule has 0 amide bonds. The van der Waals surface area contributed by atoms with E-state index in [1.165, 1.54) is 11.1 Å². The molecule has 2 nitrogen and oxygen atoms in total. The Kier molecular flexibility index (Phi) is 3.58. The van der Waals surface area contributed by atoms with Gasteiger partial charge in [-0.1, -0.05) is 39.8 Å². The standard InChI is InChI=1S/C16H22O2/c1-11(16(2,3)4)7-15(17)12-5-6-13-9-18-10-14(13)8-12/h5-6,8,11H,7,9-10H2,1-4H3. The summed E-state index contributed by atoms with van der Waals surface area (Å²) in [4.78, 5) is 12.3. The molecule has 0 spiro atoms. The molecule has 0 N–H and O–H groups in total. The fraction of sp³-hybridized carbons (Fsp3) is 0.562. The lowest BCUT2D eigenvalue weighted by Crippen LogP contribution is -2.20. The van der Waals surface area contributed by atoms with E-state index < -0.39 is 0 Å². The van der Waals surface area contributed by atoms with Gasteiger partial charge in [0, 0.05) is 12.0 Å². The summed E-state index contributed by atoms with van der Waals surface area (Å²) in [5, 5.41) is 0. The normalized spacial score (nSPS) is 16.4. The van der Waals surface area contributed by atoms with Crippen molar-refractivity contribution in [3.05, 3.63) is 34.9 Å². The van der Waals surface area contributed by atoms with Crippen molar-refractivity contribution >= 4 is 5.78 Å². The second-order valence-electron chi connectivity index (χ2n) is 6.37. The van der Waals surface area contributed by atoms with Crippen LogP contribution in [0, 0.1) is 11.3 Å². The number of benzene rings is 1. The number of Topliss-reactive ketones (excluding diaryl/α,β-unsaturated/α-hetero) is 1. The van der Waals surface area contributed by atoms with Crippen molar-refractivity contribution in [1.82, 2.24) is 0 Å². The van der Waals surface area contributed by atoms with Crippen LogP contribution in [0.2, 0.25) is 0 Å². The Balaban J connectivity index is 2.10. The highest BCUT2D eigenvalue weighted by atomic mass is 16.5.